The number of hydrogen-bond acceptors (Lipinski definition) is 6. The summed E-state index contributed by atoms with van der Waals surface area (Å²) in [6, 6.07) is 7.11. The first kappa shape index (κ1) is 19.2. The fraction of sp³-hybridized carbons (Fsp3) is 0.111. The molecule has 0 saturated heterocycles. The highest BCUT2D eigenvalue weighted by atomic mass is 32.1. The maximum Gasteiger partial charge on any atom is 0.341 e. The Morgan fingerprint density at radius 1 is 1.25 bits per heavy atom. The molecule has 2 heterocycles. The van der Waals surface area contributed by atoms with E-state index in [4.69, 9.17) is 10.5 Å². The molecule has 0 aliphatic rings. The van der Waals surface area contributed by atoms with E-state index in [0.29, 0.717) is 16.8 Å². The maximum absolute atomic E-state index is 13.0. The maximum atomic E-state index is 13.0. The van der Waals surface area contributed by atoms with E-state index in [0.717, 1.165) is 11.3 Å². The molecule has 1 aromatic carbocycles. The molecule has 0 atom stereocenters. The highest BCUT2D eigenvalue weighted by molar-refractivity contribution is 7.18. The second-order valence-corrected chi connectivity index (χ2v) is 6.76. The van der Waals surface area contributed by atoms with Crippen molar-refractivity contribution in [3.63, 3.8) is 0 Å². The van der Waals surface area contributed by atoms with Gasteiger partial charge in [0, 0.05) is 5.56 Å². The summed E-state index contributed by atoms with van der Waals surface area (Å²) in [7, 11) is 1.19. The van der Waals surface area contributed by atoms with E-state index >= 15 is 0 Å². The van der Waals surface area contributed by atoms with Crippen molar-refractivity contribution in [2.24, 2.45) is 5.73 Å². The van der Waals surface area contributed by atoms with Crippen LogP contribution in [0.4, 0.5) is 9.39 Å². The van der Waals surface area contributed by atoms with Crippen LogP contribution in [0.3, 0.4) is 0 Å². The predicted octanol–water partition coefficient (Wildman–Crippen LogP) is 2.72. The molecule has 3 aromatic rings. The average molecular weight is 402 g/mol. The molecule has 4 N–H and O–H groups in total. The number of nitrogens with one attached hydrogen (secondary N) is 2. The molecule has 0 aliphatic heterocycles. The van der Waals surface area contributed by atoms with Crippen molar-refractivity contribution in [2.75, 3.05) is 12.4 Å². The molecule has 8 nitrogen and oxygen atoms in total. The van der Waals surface area contributed by atoms with E-state index in [2.05, 4.69) is 15.5 Å². The van der Waals surface area contributed by atoms with Crippen molar-refractivity contribution < 1.29 is 23.5 Å². The zero-order valence-electron chi connectivity index (χ0n) is 14.8. The molecule has 0 fully saturated rings. The van der Waals surface area contributed by atoms with Crippen LogP contribution in [-0.4, -0.2) is 35.1 Å². The number of anilines is 1. The molecular weight excluding hydrogens is 387 g/mol. The van der Waals surface area contributed by atoms with Crippen molar-refractivity contribution in [1.29, 1.82) is 0 Å². The third kappa shape index (κ3) is 3.62. The van der Waals surface area contributed by atoms with Crippen LogP contribution < -0.4 is 11.1 Å². The number of methoxy groups -OCH3 is 1. The second-order valence-electron chi connectivity index (χ2n) is 5.74. The van der Waals surface area contributed by atoms with E-state index < -0.39 is 17.8 Å². The zero-order chi connectivity index (χ0) is 20.4. The van der Waals surface area contributed by atoms with Crippen LogP contribution in [0.15, 0.2) is 30.3 Å². The van der Waals surface area contributed by atoms with Gasteiger partial charge < -0.3 is 15.8 Å². The lowest BCUT2D eigenvalue weighted by molar-refractivity contribution is 0.0601. The van der Waals surface area contributed by atoms with Crippen molar-refractivity contribution in [3.05, 3.63) is 57.8 Å². The Labute approximate surface area is 162 Å². The number of halogens is 1. The van der Waals surface area contributed by atoms with Gasteiger partial charge in [0.1, 0.15) is 16.5 Å². The number of aromatic nitrogens is 2. The van der Waals surface area contributed by atoms with Crippen molar-refractivity contribution in [2.45, 2.75) is 6.92 Å². The standard InChI is InChI=1S/C18H15FN4O4S/c1-8-13(18(26)27-2)17(28-14(8)15(20)24)21-16(25)12-7-11(22-23-12)9-3-5-10(19)6-4-9/h3-7H,1-2H3,(H2,20,24)(H,21,25)(H,22,23). The molecule has 0 saturated carbocycles. The normalized spacial score (nSPS) is 10.5. The lowest BCUT2D eigenvalue weighted by Gasteiger charge is -2.04. The summed E-state index contributed by atoms with van der Waals surface area (Å²) in [5, 5.41) is 9.33. The van der Waals surface area contributed by atoms with Gasteiger partial charge in [-0.2, -0.15) is 5.10 Å². The minimum atomic E-state index is -0.715. The molecule has 0 radical (unpaired) electrons. The van der Waals surface area contributed by atoms with Gasteiger partial charge in [0.25, 0.3) is 11.8 Å². The quantitative estimate of drug-likeness (QED) is 0.566. The second kappa shape index (κ2) is 7.61. The van der Waals surface area contributed by atoms with Crippen molar-refractivity contribution >= 4 is 34.1 Å². The SMILES string of the molecule is COC(=O)c1c(NC(=O)c2cc(-c3ccc(F)cc3)n[nH]2)sc(C(N)=O)c1C. The van der Waals surface area contributed by atoms with Crippen LogP contribution in [0, 0.1) is 12.7 Å². The number of thiophene rings is 1. The third-order valence-corrected chi connectivity index (χ3v) is 5.17. The molecular formula is C18H15FN4O4S. The number of primary amides is 1. The number of ether oxygens (including phenoxy) is 1. The van der Waals surface area contributed by atoms with E-state index in [-0.39, 0.29) is 27.0 Å². The lowest BCUT2D eigenvalue weighted by Crippen LogP contribution is -2.14. The molecule has 3 rings (SSSR count). The molecule has 2 amide bonds. The van der Waals surface area contributed by atoms with Gasteiger partial charge in [0.2, 0.25) is 0 Å². The van der Waals surface area contributed by atoms with E-state index in [1.165, 1.54) is 37.4 Å². The fourth-order valence-electron chi connectivity index (χ4n) is 2.56. The molecule has 144 valence electrons. The number of carbonyl (C=O) groups excluding carboxylic acids is 3. The predicted molar refractivity (Wildman–Crippen MR) is 101 cm³/mol. The Kier molecular flexibility index (Phi) is 5.23. The first-order valence-electron chi connectivity index (χ1n) is 7.96. The minimum Gasteiger partial charge on any atom is -0.465 e. The molecule has 0 unspecified atom stereocenters. The number of nitrogens with zero attached hydrogens (tertiary/aromatic N) is 1. The summed E-state index contributed by atoms with van der Waals surface area (Å²) in [5.41, 5.74) is 6.89. The van der Waals surface area contributed by atoms with Crippen LogP contribution in [0.2, 0.25) is 0 Å². The summed E-state index contributed by atoms with van der Waals surface area (Å²) < 4.78 is 17.8. The number of H-pyrrole nitrogens is 1. The molecule has 10 heteroatoms. The van der Waals surface area contributed by atoms with Gasteiger partial charge in [-0.3, -0.25) is 14.7 Å². The molecule has 0 spiro atoms. The van der Waals surface area contributed by atoms with Crippen molar-refractivity contribution in [1.82, 2.24) is 10.2 Å². The van der Waals surface area contributed by atoms with Crippen molar-refractivity contribution in [3.8, 4) is 11.3 Å². The summed E-state index contributed by atoms with van der Waals surface area (Å²) in [5.74, 6) is -2.38. The third-order valence-electron chi connectivity index (χ3n) is 3.95. The van der Waals surface area contributed by atoms with Crippen LogP contribution >= 0.6 is 11.3 Å². The van der Waals surface area contributed by atoms with Gasteiger partial charge in [0.05, 0.1) is 23.2 Å². The topological polar surface area (TPSA) is 127 Å². The van der Waals surface area contributed by atoms with Crippen LogP contribution in [0.5, 0.6) is 0 Å². The van der Waals surface area contributed by atoms with Gasteiger partial charge in [-0.05, 0) is 42.8 Å². The Bertz CT molecular complexity index is 1070. The summed E-state index contributed by atoms with van der Waals surface area (Å²) in [4.78, 5) is 36.3. The summed E-state index contributed by atoms with van der Waals surface area (Å²) in [6.07, 6.45) is 0. The van der Waals surface area contributed by atoms with Gasteiger partial charge in [-0.15, -0.1) is 11.3 Å². The van der Waals surface area contributed by atoms with Crippen LogP contribution in [0.1, 0.15) is 36.1 Å². The first-order valence-corrected chi connectivity index (χ1v) is 8.77. The largest absolute Gasteiger partial charge is 0.465 e. The van der Waals surface area contributed by atoms with Gasteiger partial charge in [0.15, 0.2) is 0 Å². The Hall–Kier alpha value is -3.53. The molecule has 28 heavy (non-hydrogen) atoms. The summed E-state index contributed by atoms with van der Waals surface area (Å²) in [6.45, 7) is 1.54. The smallest absolute Gasteiger partial charge is 0.341 e. The van der Waals surface area contributed by atoms with E-state index in [1.54, 1.807) is 6.92 Å². The Morgan fingerprint density at radius 3 is 2.54 bits per heavy atom. The Balaban J connectivity index is 1.89. The Morgan fingerprint density at radius 2 is 1.93 bits per heavy atom. The minimum absolute atomic E-state index is 0.0629. The number of benzene rings is 1. The van der Waals surface area contributed by atoms with E-state index in [1.807, 2.05) is 0 Å². The number of amides is 2. The monoisotopic (exact) mass is 402 g/mol. The highest BCUT2D eigenvalue weighted by Crippen LogP contribution is 2.33. The number of hydrogen-bond donors (Lipinski definition) is 3. The zero-order valence-corrected chi connectivity index (χ0v) is 15.6. The molecule has 0 aliphatic carbocycles. The van der Waals surface area contributed by atoms with E-state index in [9.17, 15) is 18.8 Å². The molecule has 0 bridgehead atoms. The number of aromatic amines is 1. The van der Waals surface area contributed by atoms with Gasteiger partial charge >= 0.3 is 5.97 Å². The fourth-order valence-corrected chi connectivity index (χ4v) is 3.60. The highest BCUT2D eigenvalue weighted by Gasteiger charge is 2.26. The van der Waals surface area contributed by atoms with Crippen LogP contribution in [-0.2, 0) is 4.74 Å². The summed E-state index contributed by atoms with van der Waals surface area (Å²) >= 11 is 0.882. The van der Waals surface area contributed by atoms with Gasteiger partial charge in [-0.25, -0.2) is 9.18 Å². The first-order chi connectivity index (χ1) is 13.3. The lowest BCUT2D eigenvalue weighted by atomic mass is 10.1. The van der Waals surface area contributed by atoms with Crippen LogP contribution in [0.25, 0.3) is 11.3 Å². The van der Waals surface area contributed by atoms with Gasteiger partial charge in [-0.1, -0.05) is 0 Å². The number of nitrogens with two attached hydrogens (primary N) is 1. The average Bonchev–Trinajstić information content (AvgIpc) is 3.27. The molecule has 2 aromatic heterocycles. The number of carbonyl (C=O) groups is 3. The number of esters is 1. The number of rotatable bonds is 5.